The van der Waals surface area contributed by atoms with Crippen molar-refractivity contribution in [2.24, 2.45) is 0 Å². The summed E-state index contributed by atoms with van der Waals surface area (Å²) in [5, 5.41) is 0. The van der Waals surface area contributed by atoms with Gasteiger partial charge in [-0.25, -0.2) is 9.78 Å². The van der Waals surface area contributed by atoms with Gasteiger partial charge in [-0.1, -0.05) is 0 Å². The summed E-state index contributed by atoms with van der Waals surface area (Å²) in [7, 11) is 1.36. The monoisotopic (exact) mass is 268 g/mol. The van der Waals surface area contributed by atoms with Gasteiger partial charge in [-0.3, -0.25) is 0 Å². The summed E-state index contributed by atoms with van der Waals surface area (Å²) >= 11 is 3.33. The number of ether oxygens (including phenoxy) is 1. The van der Waals surface area contributed by atoms with Crippen LogP contribution < -0.4 is 0 Å². The summed E-state index contributed by atoms with van der Waals surface area (Å²) in [6.45, 7) is 1.88. The first-order valence-electron chi connectivity index (χ1n) is 4.35. The number of fused-ring (bicyclic) bond motifs is 1. The molecular weight excluding hydrogens is 260 g/mol. The first kappa shape index (κ1) is 10.2. The Morgan fingerprint density at radius 2 is 2.27 bits per heavy atom. The lowest BCUT2D eigenvalue weighted by Crippen LogP contribution is -2.04. The molecule has 0 N–H and O–H groups in total. The van der Waals surface area contributed by atoms with Gasteiger partial charge in [-0.2, -0.15) is 0 Å². The predicted molar refractivity (Wildman–Crippen MR) is 59.0 cm³/mol. The molecule has 0 fully saturated rings. The van der Waals surface area contributed by atoms with E-state index < -0.39 is 0 Å². The van der Waals surface area contributed by atoms with E-state index in [0.29, 0.717) is 11.2 Å². The van der Waals surface area contributed by atoms with Crippen LogP contribution in [0.15, 0.2) is 22.9 Å². The summed E-state index contributed by atoms with van der Waals surface area (Å²) in [5.41, 5.74) is 1.93. The standard InChI is InChI=1S/C10H9BrN2O2/c1-6-4-13-5-7(11)3-8(9(13)12-6)10(14)15-2/h3-5H,1-2H3. The first-order valence-corrected chi connectivity index (χ1v) is 5.14. The third kappa shape index (κ3) is 1.74. The Morgan fingerprint density at radius 1 is 1.53 bits per heavy atom. The number of imidazole rings is 1. The molecule has 5 heteroatoms. The van der Waals surface area contributed by atoms with E-state index in [1.807, 2.05) is 19.3 Å². The number of aryl methyl sites for hydroxylation is 1. The Kier molecular flexibility index (Phi) is 2.48. The lowest BCUT2D eigenvalue weighted by molar-refractivity contribution is 0.0602. The molecule has 0 spiro atoms. The minimum atomic E-state index is -0.383. The second-order valence-corrected chi connectivity index (χ2v) is 4.09. The van der Waals surface area contributed by atoms with Crippen molar-refractivity contribution in [1.29, 1.82) is 0 Å². The molecule has 0 aliphatic carbocycles. The van der Waals surface area contributed by atoms with Gasteiger partial charge in [0.2, 0.25) is 0 Å². The molecule has 0 aromatic carbocycles. The Bertz CT molecular complexity index is 533. The molecule has 2 aromatic rings. The maximum atomic E-state index is 11.5. The second-order valence-electron chi connectivity index (χ2n) is 3.18. The SMILES string of the molecule is COC(=O)c1cc(Br)cn2cc(C)nc12. The quantitative estimate of drug-likeness (QED) is 0.745. The number of esters is 1. The van der Waals surface area contributed by atoms with Crippen molar-refractivity contribution in [3.63, 3.8) is 0 Å². The molecule has 0 unspecified atom stereocenters. The van der Waals surface area contributed by atoms with Crippen LogP contribution in [0.5, 0.6) is 0 Å². The van der Waals surface area contributed by atoms with Crippen LogP contribution in [0.1, 0.15) is 16.1 Å². The molecule has 0 saturated heterocycles. The number of carbonyl (C=O) groups is 1. The third-order valence-electron chi connectivity index (χ3n) is 2.04. The molecular formula is C10H9BrN2O2. The highest BCUT2D eigenvalue weighted by atomic mass is 79.9. The summed E-state index contributed by atoms with van der Waals surface area (Å²) in [5.74, 6) is -0.383. The molecule has 4 nitrogen and oxygen atoms in total. The molecule has 78 valence electrons. The van der Waals surface area contributed by atoms with Crippen molar-refractivity contribution >= 4 is 27.5 Å². The van der Waals surface area contributed by atoms with E-state index in [0.717, 1.165) is 10.2 Å². The Balaban J connectivity index is 2.75. The summed E-state index contributed by atoms with van der Waals surface area (Å²) in [4.78, 5) is 15.8. The van der Waals surface area contributed by atoms with Gasteiger partial charge in [-0.15, -0.1) is 0 Å². The molecule has 15 heavy (non-hydrogen) atoms. The van der Waals surface area contributed by atoms with Crippen LogP contribution in [0.25, 0.3) is 5.65 Å². The summed E-state index contributed by atoms with van der Waals surface area (Å²) in [6.07, 6.45) is 3.70. The van der Waals surface area contributed by atoms with Crippen molar-refractivity contribution in [2.75, 3.05) is 7.11 Å². The van der Waals surface area contributed by atoms with Crippen LogP contribution in [-0.2, 0) is 4.74 Å². The van der Waals surface area contributed by atoms with Crippen LogP contribution in [0.3, 0.4) is 0 Å². The fraction of sp³-hybridized carbons (Fsp3) is 0.200. The van der Waals surface area contributed by atoms with E-state index >= 15 is 0 Å². The third-order valence-corrected chi connectivity index (χ3v) is 2.48. The molecule has 0 amide bonds. The zero-order valence-electron chi connectivity index (χ0n) is 8.32. The van der Waals surface area contributed by atoms with Gasteiger partial charge in [0.15, 0.2) is 5.65 Å². The second kappa shape index (κ2) is 3.66. The minimum Gasteiger partial charge on any atom is -0.465 e. The number of hydrogen-bond acceptors (Lipinski definition) is 3. The van der Waals surface area contributed by atoms with Crippen LogP contribution in [0.2, 0.25) is 0 Å². The average Bonchev–Trinajstić information content (AvgIpc) is 2.55. The molecule has 2 aromatic heterocycles. The number of pyridine rings is 1. The van der Waals surface area contributed by atoms with Gasteiger partial charge in [0.25, 0.3) is 0 Å². The molecule has 0 atom stereocenters. The Morgan fingerprint density at radius 3 is 2.93 bits per heavy atom. The highest BCUT2D eigenvalue weighted by Gasteiger charge is 2.13. The fourth-order valence-corrected chi connectivity index (χ4v) is 1.90. The maximum Gasteiger partial charge on any atom is 0.341 e. The highest BCUT2D eigenvalue weighted by Crippen LogP contribution is 2.18. The van der Waals surface area contributed by atoms with Crippen LogP contribution in [-0.4, -0.2) is 22.5 Å². The molecule has 2 heterocycles. The minimum absolute atomic E-state index is 0.383. The zero-order chi connectivity index (χ0) is 11.0. The van der Waals surface area contributed by atoms with E-state index in [1.165, 1.54) is 7.11 Å². The number of aromatic nitrogens is 2. The first-order chi connectivity index (χ1) is 7.11. The molecule has 0 saturated carbocycles. The van der Waals surface area contributed by atoms with Crippen molar-refractivity contribution in [2.45, 2.75) is 6.92 Å². The van der Waals surface area contributed by atoms with Gasteiger partial charge in [0.1, 0.15) is 5.56 Å². The van der Waals surface area contributed by atoms with Crippen molar-refractivity contribution in [3.8, 4) is 0 Å². The number of nitrogens with zero attached hydrogens (tertiary/aromatic N) is 2. The number of methoxy groups -OCH3 is 1. The Labute approximate surface area is 95.0 Å². The van der Waals surface area contributed by atoms with E-state index in [1.54, 1.807) is 10.5 Å². The number of rotatable bonds is 1. The molecule has 0 aliphatic heterocycles. The van der Waals surface area contributed by atoms with Crippen molar-refractivity contribution in [1.82, 2.24) is 9.38 Å². The van der Waals surface area contributed by atoms with Crippen LogP contribution in [0.4, 0.5) is 0 Å². The van der Waals surface area contributed by atoms with Crippen molar-refractivity contribution < 1.29 is 9.53 Å². The van der Waals surface area contributed by atoms with Gasteiger partial charge >= 0.3 is 5.97 Å². The number of halogens is 1. The molecule has 0 bridgehead atoms. The van der Waals surface area contributed by atoms with Crippen molar-refractivity contribution in [3.05, 3.63) is 34.2 Å². The van der Waals surface area contributed by atoms with E-state index in [4.69, 9.17) is 4.74 Å². The van der Waals surface area contributed by atoms with E-state index in [2.05, 4.69) is 20.9 Å². The average molecular weight is 269 g/mol. The predicted octanol–water partition coefficient (Wildman–Crippen LogP) is 2.19. The largest absolute Gasteiger partial charge is 0.465 e. The van der Waals surface area contributed by atoms with E-state index in [-0.39, 0.29) is 5.97 Å². The van der Waals surface area contributed by atoms with Gasteiger partial charge in [-0.05, 0) is 28.9 Å². The lowest BCUT2D eigenvalue weighted by atomic mass is 10.3. The Hall–Kier alpha value is -1.36. The van der Waals surface area contributed by atoms with Crippen LogP contribution in [0, 0.1) is 6.92 Å². The maximum absolute atomic E-state index is 11.5. The zero-order valence-corrected chi connectivity index (χ0v) is 9.91. The molecule has 2 rings (SSSR count). The lowest BCUT2D eigenvalue weighted by Gasteiger charge is -2.02. The smallest absolute Gasteiger partial charge is 0.341 e. The molecule has 0 radical (unpaired) electrons. The normalized spacial score (nSPS) is 10.6. The van der Waals surface area contributed by atoms with Gasteiger partial charge in [0, 0.05) is 16.9 Å². The highest BCUT2D eigenvalue weighted by molar-refractivity contribution is 9.10. The van der Waals surface area contributed by atoms with Gasteiger partial charge in [0.05, 0.1) is 12.8 Å². The van der Waals surface area contributed by atoms with Gasteiger partial charge < -0.3 is 9.14 Å². The van der Waals surface area contributed by atoms with E-state index in [9.17, 15) is 4.79 Å². The number of hydrogen-bond donors (Lipinski definition) is 0. The fourth-order valence-electron chi connectivity index (χ4n) is 1.45. The van der Waals surface area contributed by atoms with Crippen LogP contribution >= 0.6 is 15.9 Å². The summed E-state index contributed by atoms with van der Waals surface area (Å²) < 4.78 is 7.31. The topological polar surface area (TPSA) is 43.6 Å². The summed E-state index contributed by atoms with van der Waals surface area (Å²) in [6, 6.07) is 1.70. The molecule has 0 aliphatic rings. The number of carbonyl (C=O) groups excluding carboxylic acids is 1.